The van der Waals surface area contributed by atoms with Crippen LogP contribution in [0.5, 0.6) is 5.75 Å². The SMILES string of the molecule is COc1cc2nn([C@H]3CC[C@H](C(C)C)CC3)cc2cc1NC(=O)c1cccc(Cl)c1. The van der Waals surface area contributed by atoms with E-state index in [1.54, 1.807) is 31.4 Å². The van der Waals surface area contributed by atoms with Crippen molar-refractivity contribution in [3.63, 3.8) is 0 Å². The number of methoxy groups -OCH3 is 1. The third-order valence-electron chi connectivity index (χ3n) is 6.24. The molecule has 6 heteroatoms. The van der Waals surface area contributed by atoms with Gasteiger partial charge >= 0.3 is 0 Å². The van der Waals surface area contributed by atoms with Crippen LogP contribution in [0.3, 0.4) is 0 Å². The maximum atomic E-state index is 12.7. The largest absolute Gasteiger partial charge is 0.494 e. The van der Waals surface area contributed by atoms with E-state index >= 15 is 0 Å². The fourth-order valence-electron chi connectivity index (χ4n) is 4.38. The number of ether oxygens (including phenoxy) is 1. The van der Waals surface area contributed by atoms with Gasteiger partial charge in [0.1, 0.15) is 5.75 Å². The zero-order chi connectivity index (χ0) is 21.3. The number of aromatic nitrogens is 2. The summed E-state index contributed by atoms with van der Waals surface area (Å²) in [5, 5.41) is 9.27. The molecule has 0 saturated heterocycles. The molecule has 30 heavy (non-hydrogen) atoms. The normalized spacial score (nSPS) is 19.2. The van der Waals surface area contributed by atoms with Gasteiger partial charge in [0, 0.05) is 28.2 Å². The van der Waals surface area contributed by atoms with Crippen LogP contribution in [0.25, 0.3) is 10.9 Å². The molecule has 1 aliphatic rings. The van der Waals surface area contributed by atoms with Crippen molar-refractivity contribution < 1.29 is 9.53 Å². The van der Waals surface area contributed by atoms with E-state index in [-0.39, 0.29) is 5.91 Å². The Morgan fingerprint density at radius 2 is 1.97 bits per heavy atom. The summed E-state index contributed by atoms with van der Waals surface area (Å²) in [4.78, 5) is 12.7. The number of hydrogen-bond acceptors (Lipinski definition) is 3. The summed E-state index contributed by atoms with van der Waals surface area (Å²) in [6, 6.07) is 11.1. The van der Waals surface area contributed by atoms with Gasteiger partial charge in [-0.1, -0.05) is 31.5 Å². The van der Waals surface area contributed by atoms with E-state index in [9.17, 15) is 4.79 Å². The van der Waals surface area contributed by atoms with Gasteiger partial charge in [0.25, 0.3) is 5.91 Å². The molecule has 0 spiro atoms. The molecule has 0 bridgehead atoms. The van der Waals surface area contributed by atoms with Crippen LogP contribution in [-0.4, -0.2) is 22.8 Å². The van der Waals surface area contributed by atoms with Crippen LogP contribution in [0, 0.1) is 11.8 Å². The number of fused-ring (bicyclic) bond motifs is 1. The molecule has 5 nitrogen and oxygen atoms in total. The molecular formula is C24H28ClN3O2. The number of benzene rings is 2. The number of nitrogens with zero attached hydrogens (tertiary/aromatic N) is 2. The first-order chi connectivity index (χ1) is 14.4. The zero-order valence-electron chi connectivity index (χ0n) is 17.7. The minimum atomic E-state index is -0.227. The minimum absolute atomic E-state index is 0.227. The van der Waals surface area contributed by atoms with Gasteiger partial charge in [-0.2, -0.15) is 5.10 Å². The summed E-state index contributed by atoms with van der Waals surface area (Å²) < 4.78 is 7.62. The van der Waals surface area contributed by atoms with E-state index in [0.717, 1.165) is 35.6 Å². The number of anilines is 1. The molecule has 1 aliphatic carbocycles. The number of carbonyl (C=O) groups excluding carboxylic acids is 1. The average Bonchev–Trinajstić information content (AvgIpc) is 3.16. The third-order valence-corrected chi connectivity index (χ3v) is 6.47. The second-order valence-corrected chi connectivity index (χ2v) is 8.93. The molecule has 4 rings (SSSR count). The highest BCUT2D eigenvalue weighted by Gasteiger charge is 2.25. The molecule has 0 unspecified atom stereocenters. The number of rotatable bonds is 5. The van der Waals surface area contributed by atoms with Crippen LogP contribution in [0.4, 0.5) is 5.69 Å². The molecule has 3 aromatic rings. The molecule has 1 N–H and O–H groups in total. The van der Waals surface area contributed by atoms with E-state index < -0.39 is 0 Å². The van der Waals surface area contributed by atoms with Crippen LogP contribution >= 0.6 is 11.6 Å². The summed E-state index contributed by atoms with van der Waals surface area (Å²) in [7, 11) is 1.60. The highest BCUT2D eigenvalue weighted by molar-refractivity contribution is 6.31. The topological polar surface area (TPSA) is 56.1 Å². The van der Waals surface area contributed by atoms with Crippen LogP contribution in [0.1, 0.15) is 55.9 Å². The van der Waals surface area contributed by atoms with Crippen molar-refractivity contribution in [2.24, 2.45) is 11.8 Å². The molecule has 0 aliphatic heterocycles. The lowest BCUT2D eigenvalue weighted by molar-refractivity contribution is 0.102. The zero-order valence-corrected chi connectivity index (χ0v) is 18.4. The molecule has 1 amide bonds. The van der Waals surface area contributed by atoms with Crippen LogP contribution in [0.2, 0.25) is 5.02 Å². The molecule has 2 aromatic carbocycles. The Bertz CT molecular complexity index is 1050. The first-order valence-electron chi connectivity index (χ1n) is 10.6. The summed E-state index contributed by atoms with van der Waals surface area (Å²) in [6.45, 7) is 4.64. The molecular weight excluding hydrogens is 398 g/mol. The van der Waals surface area contributed by atoms with Crippen molar-refractivity contribution in [2.45, 2.75) is 45.6 Å². The quantitative estimate of drug-likeness (QED) is 0.519. The monoisotopic (exact) mass is 425 g/mol. The molecule has 0 radical (unpaired) electrons. The van der Waals surface area contributed by atoms with E-state index in [1.165, 1.54) is 12.8 Å². The second-order valence-electron chi connectivity index (χ2n) is 8.50. The van der Waals surface area contributed by atoms with Gasteiger partial charge in [0.2, 0.25) is 0 Å². The predicted molar refractivity (Wildman–Crippen MR) is 122 cm³/mol. The van der Waals surface area contributed by atoms with Crippen LogP contribution in [-0.2, 0) is 0 Å². The average molecular weight is 426 g/mol. The Morgan fingerprint density at radius 3 is 2.63 bits per heavy atom. The van der Waals surface area contributed by atoms with Crippen molar-refractivity contribution in [2.75, 3.05) is 12.4 Å². The van der Waals surface area contributed by atoms with Gasteiger partial charge < -0.3 is 10.1 Å². The molecule has 1 fully saturated rings. The third kappa shape index (κ3) is 4.31. The number of nitrogens with one attached hydrogen (secondary N) is 1. The van der Waals surface area contributed by atoms with Gasteiger partial charge in [-0.15, -0.1) is 0 Å². The van der Waals surface area contributed by atoms with E-state index in [1.807, 2.05) is 12.1 Å². The summed E-state index contributed by atoms with van der Waals surface area (Å²) in [6.07, 6.45) is 6.91. The summed E-state index contributed by atoms with van der Waals surface area (Å²) in [5.41, 5.74) is 2.00. The summed E-state index contributed by atoms with van der Waals surface area (Å²) >= 11 is 6.02. The number of amides is 1. The second kappa shape index (κ2) is 8.68. The maximum absolute atomic E-state index is 12.7. The molecule has 1 aromatic heterocycles. The molecule has 158 valence electrons. The maximum Gasteiger partial charge on any atom is 0.255 e. The molecule has 1 saturated carbocycles. The van der Waals surface area contributed by atoms with Crippen LogP contribution in [0.15, 0.2) is 42.6 Å². The fourth-order valence-corrected chi connectivity index (χ4v) is 4.57. The minimum Gasteiger partial charge on any atom is -0.494 e. The standard InChI is InChI=1S/C24H28ClN3O2/c1-15(2)16-7-9-20(10-8-16)28-14-18-12-22(23(30-3)13-21(18)27-28)26-24(29)17-5-4-6-19(25)11-17/h4-6,11-16,20H,7-10H2,1-3H3,(H,26,29)/t16-,20-. The van der Waals surface area contributed by atoms with Crippen molar-refractivity contribution in [1.29, 1.82) is 0 Å². The molecule has 0 atom stereocenters. The fraction of sp³-hybridized carbons (Fsp3) is 0.417. The van der Waals surface area contributed by atoms with Crippen molar-refractivity contribution in [3.8, 4) is 5.75 Å². The Hall–Kier alpha value is -2.53. The lowest BCUT2D eigenvalue weighted by atomic mass is 9.80. The lowest BCUT2D eigenvalue weighted by Gasteiger charge is -2.30. The summed E-state index contributed by atoms with van der Waals surface area (Å²) in [5.74, 6) is 1.93. The Balaban J connectivity index is 1.57. The van der Waals surface area contributed by atoms with Gasteiger partial charge in [-0.05, 0) is 61.8 Å². The van der Waals surface area contributed by atoms with Gasteiger partial charge in [0.15, 0.2) is 0 Å². The Morgan fingerprint density at radius 1 is 1.20 bits per heavy atom. The van der Waals surface area contributed by atoms with Gasteiger partial charge in [-0.3, -0.25) is 9.48 Å². The van der Waals surface area contributed by atoms with Crippen molar-refractivity contribution >= 4 is 34.1 Å². The van der Waals surface area contributed by atoms with Gasteiger partial charge in [0.05, 0.1) is 24.4 Å². The predicted octanol–water partition coefficient (Wildman–Crippen LogP) is 6.34. The first kappa shape index (κ1) is 20.7. The highest BCUT2D eigenvalue weighted by atomic mass is 35.5. The van der Waals surface area contributed by atoms with Crippen molar-refractivity contribution in [1.82, 2.24) is 9.78 Å². The van der Waals surface area contributed by atoms with Crippen molar-refractivity contribution in [3.05, 3.63) is 53.2 Å². The molecule has 1 heterocycles. The van der Waals surface area contributed by atoms with E-state index in [0.29, 0.717) is 28.1 Å². The Kier molecular flexibility index (Phi) is 6.00. The van der Waals surface area contributed by atoms with E-state index in [2.05, 4.69) is 30.0 Å². The van der Waals surface area contributed by atoms with E-state index in [4.69, 9.17) is 21.4 Å². The smallest absolute Gasteiger partial charge is 0.255 e. The number of carbonyl (C=O) groups is 1. The number of halogens is 1. The Labute approximate surface area is 182 Å². The highest BCUT2D eigenvalue weighted by Crippen LogP contribution is 2.37. The lowest BCUT2D eigenvalue weighted by Crippen LogP contribution is -2.21. The van der Waals surface area contributed by atoms with Crippen LogP contribution < -0.4 is 10.1 Å². The van der Waals surface area contributed by atoms with Gasteiger partial charge in [-0.25, -0.2) is 0 Å². The first-order valence-corrected chi connectivity index (χ1v) is 11.0. The number of hydrogen-bond donors (Lipinski definition) is 1.